The number of carbonyl (C=O) groups is 1. The smallest absolute Gasteiger partial charge is 0.323 e. The van der Waals surface area contributed by atoms with Crippen molar-refractivity contribution in [1.29, 1.82) is 0 Å². The summed E-state index contributed by atoms with van der Waals surface area (Å²) in [5, 5.41) is 9.29. The second-order valence-corrected chi connectivity index (χ2v) is 6.12. The van der Waals surface area contributed by atoms with Gasteiger partial charge in [0.1, 0.15) is 12.0 Å². The molecule has 0 saturated carbocycles. The van der Waals surface area contributed by atoms with Crippen molar-refractivity contribution >= 4 is 11.9 Å². The minimum atomic E-state index is -1.08. The molecule has 0 fully saturated rings. The number of fused-ring (bicyclic) bond motifs is 3. The number of aliphatic carboxylic acids is 1. The Morgan fingerprint density at radius 1 is 1.20 bits per heavy atom. The van der Waals surface area contributed by atoms with Gasteiger partial charge in [0.15, 0.2) is 0 Å². The van der Waals surface area contributed by atoms with Gasteiger partial charge in [-0.05, 0) is 22.3 Å². The number of carbonyl (C=O) groups excluding carboxylic acids is 1. The molecule has 1 aliphatic carbocycles. The molecule has 0 saturated heterocycles. The lowest BCUT2D eigenvalue weighted by molar-refractivity contribution is -0.145. The first kappa shape index (κ1) is 17.1. The maximum atomic E-state index is 11.3. The Morgan fingerprint density at radius 2 is 1.76 bits per heavy atom. The van der Waals surface area contributed by atoms with Crippen LogP contribution < -0.4 is 5.48 Å². The Balaban J connectivity index is 1.75. The van der Waals surface area contributed by atoms with Gasteiger partial charge in [0.05, 0.1) is 6.61 Å². The van der Waals surface area contributed by atoms with Crippen molar-refractivity contribution in [2.24, 2.45) is 5.92 Å². The molecule has 1 aliphatic rings. The molecule has 2 aromatic carbocycles. The summed E-state index contributed by atoms with van der Waals surface area (Å²) in [6.07, 6.45) is 1.18. The van der Waals surface area contributed by atoms with Crippen molar-refractivity contribution in [1.82, 2.24) is 5.48 Å². The third-order valence-corrected chi connectivity index (χ3v) is 4.55. The van der Waals surface area contributed by atoms with Gasteiger partial charge in [-0.2, -0.15) is 5.48 Å². The summed E-state index contributed by atoms with van der Waals surface area (Å²) in [4.78, 5) is 27.3. The highest BCUT2D eigenvalue weighted by Gasteiger charge is 2.29. The van der Waals surface area contributed by atoms with E-state index < -0.39 is 17.9 Å². The van der Waals surface area contributed by atoms with Crippen LogP contribution in [0.5, 0.6) is 0 Å². The summed E-state index contributed by atoms with van der Waals surface area (Å²) in [5.74, 6) is 0.0530. The monoisotopic (exact) mass is 337 g/mol. The third-order valence-electron chi connectivity index (χ3n) is 4.55. The van der Waals surface area contributed by atoms with E-state index >= 15 is 0 Å². The summed E-state index contributed by atoms with van der Waals surface area (Å²) in [6.45, 7) is 1.93. The molecule has 5 heteroatoms. The molecule has 1 unspecified atom stereocenters. The van der Waals surface area contributed by atoms with E-state index in [1.165, 1.54) is 28.3 Å². The van der Waals surface area contributed by atoms with Crippen molar-refractivity contribution in [2.75, 3.05) is 6.61 Å². The quantitative estimate of drug-likeness (QED) is 0.600. The number of carboxylic acids is 1. The highest BCUT2D eigenvalue weighted by atomic mass is 16.6. The van der Waals surface area contributed by atoms with Crippen molar-refractivity contribution in [3.05, 3.63) is 65.7 Å². The van der Waals surface area contributed by atoms with Gasteiger partial charge in [0.2, 0.25) is 0 Å². The van der Waals surface area contributed by atoms with Crippen LogP contribution in [0.1, 0.15) is 24.0 Å². The van der Waals surface area contributed by atoms with E-state index in [0.29, 0.717) is 6.61 Å². The first-order valence-corrected chi connectivity index (χ1v) is 8.12. The molecule has 2 aromatic rings. The van der Waals surface area contributed by atoms with Gasteiger partial charge < -0.3 is 5.11 Å². The van der Waals surface area contributed by atoms with Gasteiger partial charge in [-0.3, -0.25) is 9.63 Å². The van der Waals surface area contributed by atoms with E-state index in [1.54, 1.807) is 12.9 Å². The average Bonchev–Trinajstić information content (AvgIpc) is 2.93. The Morgan fingerprint density at radius 3 is 2.28 bits per heavy atom. The van der Waals surface area contributed by atoms with Gasteiger partial charge in [0, 0.05) is 17.9 Å². The number of nitrogens with one attached hydrogen (secondary N) is 1. The lowest BCUT2D eigenvalue weighted by Gasteiger charge is -2.20. The van der Waals surface area contributed by atoms with Crippen LogP contribution in [-0.2, 0) is 14.4 Å². The largest absolute Gasteiger partial charge is 0.480 e. The molecule has 5 nitrogen and oxygen atoms in total. The lowest BCUT2D eigenvalue weighted by atomic mass is 9.98. The fraction of sp³-hybridized carbons (Fsp3) is 0.250. The molecule has 0 bridgehead atoms. The van der Waals surface area contributed by atoms with Crippen LogP contribution in [0.25, 0.3) is 11.1 Å². The second kappa shape index (κ2) is 7.45. The average molecular weight is 337 g/mol. The number of carboxylic acid groups (broad SMARTS) is 1. The molecular formula is C20H19NO4. The Labute approximate surface area is 145 Å². The van der Waals surface area contributed by atoms with E-state index in [-0.39, 0.29) is 5.92 Å². The molecule has 0 heterocycles. The Hall–Kier alpha value is -2.72. The zero-order valence-corrected chi connectivity index (χ0v) is 13.8. The topological polar surface area (TPSA) is 75.6 Å². The van der Waals surface area contributed by atoms with Gasteiger partial charge in [-0.25, -0.2) is 4.79 Å². The molecular weight excluding hydrogens is 318 g/mol. The van der Waals surface area contributed by atoms with E-state index in [4.69, 9.17) is 4.84 Å². The molecule has 2 atom stereocenters. The number of benzene rings is 2. The number of hydrogen-bond acceptors (Lipinski definition) is 4. The first-order valence-electron chi connectivity index (χ1n) is 8.12. The van der Waals surface area contributed by atoms with E-state index in [9.17, 15) is 14.7 Å². The third kappa shape index (κ3) is 3.39. The summed E-state index contributed by atoms with van der Waals surface area (Å²) in [5.41, 5.74) is 7.27. The molecule has 0 amide bonds. The number of rotatable bonds is 7. The maximum Gasteiger partial charge on any atom is 0.323 e. The lowest BCUT2D eigenvalue weighted by Crippen LogP contribution is -2.41. The molecule has 0 aliphatic heterocycles. The van der Waals surface area contributed by atoms with Crippen LogP contribution in [0, 0.1) is 5.92 Å². The van der Waals surface area contributed by atoms with Crippen LogP contribution in [0.3, 0.4) is 0 Å². The Bertz CT molecular complexity index is 780. The number of hydrogen-bond donors (Lipinski definition) is 2. The molecule has 0 spiro atoms. The van der Waals surface area contributed by atoms with Gasteiger partial charge in [0.25, 0.3) is 0 Å². The van der Waals surface area contributed by atoms with E-state index in [0.717, 1.165) is 0 Å². The van der Waals surface area contributed by atoms with Crippen LogP contribution in [-0.4, -0.2) is 29.7 Å². The van der Waals surface area contributed by atoms with Crippen molar-refractivity contribution < 1.29 is 19.5 Å². The highest BCUT2D eigenvalue weighted by molar-refractivity contribution is 5.78. The molecule has 128 valence electrons. The van der Waals surface area contributed by atoms with Gasteiger partial charge in [-0.15, -0.1) is 0 Å². The maximum absolute atomic E-state index is 11.3. The summed E-state index contributed by atoms with van der Waals surface area (Å²) in [7, 11) is 0. The zero-order chi connectivity index (χ0) is 17.8. The van der Waals surface area contributed by atoms with E-state index in [2.05, 4.69) is 29.7 Å². The summed E-state index contributed by atoms with van der Waals surface area (Å²) in [6, 6.07) is 15.3. The van der Waals surface area contributed by atoms with Crippen LogP contribution >= 0.6 is 0 Å². The van der Waals surface area contributed by atoms with Gasteiger partial charge >= 0.3 is 5.97 Å². The minimum absolute atomic E-state index is 0.0336. The molecule has 0 radical (unpaired) electrons. The molecule has 3 rings (SSSR count). The van der Waals surface area contributed by atoms with Crippen LogP contribution in [0.2, 0.25) is 0 Å². The fourth-order valence-electron chi connectivity index (χ4n) is 3.25. The Kier molecular flexibility index (Phi) is 5.10. The van der Waals surface area contributed by atoms with Crippen molar-refractivity contribution in [3.63, 3.8) is 0 Å². The molecule has 2 N–H and O–H groups in total. The zero-order valence-electron chi connectivity index (χ0n) is 13.8. The standard InChI is InChI=1S/C20H19NO4/c1-13(10-11-22)19(20(23)24)21-25-12-18-16-8-4-2-6-14(16)15-7-3-5-9-17(15)18/h2-10,13,18-19,21H,12H2,1H3,(H,23,24)/t13?,19-/m0/s1. The van der Waals surface area contributed by atoms with Crippen LogP contribution in [0.15, 0.2) is 54.6 Å². The predicted molar refractivity (Wildman–Crippen MR) is 93.7 cm³/mol. The van der Waals surface area contributed by atoms with Gasteiger partial charge in [-0.1, -0.05) is 55.5 Å². The molecule has 25 heavy (non-hydrogen) atoms. The molecule has 0 aromatic heterocycles. The van der Waals surface area contributed by atoms with E-state index in [1.807, 2.05) is 24.3 Å². The summed E-state index contributed by atoms with van der Waals surface area (Å²) < 4.78 is 0. The fourth-order valence-corrected chi connectivity index (χ4v) is 3.25. The minimum Gasteiger partial charge on any atom is -0.480 e. The highest BCUT2D eigenvalue weighted by Crippen LogP contribution is 2.44. The summed E-state index contributed by atoms with van der Waals surface area (Å²) >= 11 is 0. The normalized spacial score (nSPS) is 14.9. The number of hydroxylamine groups is 1. The predicted octanol–water partition coefficient (Wildman–Crippen LogP) is 2.80. The van der Waals surface area contributed by atoms with Crippen molar-refractivity contribution in [3.8, 4) is 11.1 Å². The first-order chi connectivity index (χ1) is 12.1. The van der Waals surface area contributed by atoms with Crippen LogP contribution in [0.4, 0.5) is 0 Å². The SMILES string of the molecule is CC(C=C=O)[C@H](NOCC1c2ccccc2-c2ccccc21)C(=O)O. The second-order valence-electron chi connectivity index (χ2n) is 6.12. The van der Waals surface area contributed by atoms with Crippen molar-refractivity contribution in [2.45, 2.75) is 18.9 Å².